The Balaban J connectivity index is 2.38. The lowest BCUT2D eigenvalue weighted by atomic mass is 10.2. The van der Waals surface area contributed by atoms with Gasteiger partial charge in [0, 0.05) is 24.3 Å². The number of aliphatic hydroxyl groups excluding tert-OH is 2. The first-order chi connectivity index (χ1) is 9.92. The lowest BCUT2D eigenvalue weighted by molar-refractivity contribution is -0.131. The number of aliphatic hydroxyl groups is 2. The summed E-state index contributed by atoms with van der Waals surface area (Å²) in [7, 11) is 0. The van der Waals surface area contributed by atoms with Gasteiger partial charge in [-0.05, 0) is 6.08 Å². The molecule has 1 aliphatic heterocycles. The third-order valence-corrected chi connectivity index (χ3v) is 3.06. The number of nitrogens with two attached hydrogens (primary N) is 1. The van der Waals surface area contributed by atoms with Crippen LogP contribution in [0.1, 0.15) is 18.2 Å². The molecule has 1 aliphatic rings. The van der Waals surface area contributed by atoms with Crippen LogP contribution in [0.5, 0.6) is 0 Å². The number of nitrogen functional groups attached to an aromatic ring is 1. The number of aromatic nitrogens is 2. The van der Waals surface area contributed by atoms with Crippen molar-refractivity contribution in [1.29, 1.82) is 0 Å². The van der Waals surface area contributed by atoms with Gasteiger partial charge >= 0.3 is 11.7 Å². The quantitative estimate of drug-likeness (QED) is 0.494. The van der Waals surface area contributed by atoms with Gasteiger partial charge < -0.3 is 25.8 Å². The number of nitrogens with zero attached hydrogens (tertiary/aromatic N) is 2. The van der Waals surface area contributed by atoms with E-state index in [1.807, 2.05) is 0 Å². The highest BCUT2D eigenvalue weighted by molar-refractivity contribution is 5.86. The smallest absolute Gasteiger partial charge is 0.351 e. The second-order valence-electron chi connectivity index (χ2n) is 4.58. The van der Waals surface area contributed by atoms with E-state index < -0.39 is 30.1 Å². The van der Waals surface area contributed by atoms with E-state index in [1.165, 1.54) is 12.3 Å². The molecule has 5 N–H and O–H groups in total. The van der Waals surface area contributed by atoms with Crippen LogP contribution in [0.25, 0.3) is 6.08 Å². The summed E-state index contributed by atoms with van der Waals surface area (Å²) in [4.78, 5) is 25.9. The fourth-order valence-electron chi connectivity index (χ4n) is 2.07. The predicted molar refractivity (Wildman–Crippen MR) is 71.2 cm³/mol. The molecule has 0 aromatic carbocycles. The van der Waals surface area contributed by atoms with Crippen molar-refractivity contribution >= 4 is 17.9 Å². The van der Waals surface area contributed by atoms with Gasteiger partial charge in [0.1, 0.15) is 11.9 Å². The van der Waals surface area contributed by atoms with E-state index in [0.717, 1.165) is 10.6 Å². The number of carboxylic acids is 1. The summed E-state index contributed by atoms with van der Waals surface area (Å²) in [6.07, 6.45) is 0.917. The van der Waals surface area contributed by atoms with Gasteiger partial charge in [-0.15, -0.1) is 0 Å². The summed E-state index contributed by atoms with van der Waals surface area (Å²) in [6, 6.07) is 0. The van der Waals surface area contributed by atoms with E-state index in [9.17, 15) is 14.7 Å². The molecule has 21 heavy (non-hydrogen) atoms. The zero-order valence-electron chi connectivity index (χ0n) is 10.9. The van der Waals surface area contributed by atoms with E-state index >= 15 is 0 Å². The molecule has 0 spiro atoms. The minimum absolute atomic E-state index is 0.125. The van der Waals surface area contributed by atoms with Crippen LogP contribution in [0.2, 0.25) is 0 Å². The molecule has 114 valence electrons. The number of carbonyl (C=O) groups is 1. The molecule has 1 aromatic rings. The molecule has 1 aromatic heterocycles. The number of carboxylic acid groups (broad SMARTS) is 1. The van der Waals surface area contributed by atoms with Gasteiger partial charge in [-0.2, -0.15) is 4.98 Å². The minimum atomic E-state index is -1.18. The van der Waals surface area contributed by atoms with Gasteiger partial charge in [0.2, 0.25) is 0 Å². The third-order valence-electron chi connectivity index (χ3n) is 3.06. The Labute approximate surface area is 118 Å². The van der Waals surface area contributed by atoms with Crippen LogP contribution in [0.3, 0.4) is 0 Å². The van der Waals surface area contributed by atoms with Gasteiger partial charge in [-0.3, -0.25) is 4.57 Å². The van der Waals surface area contributed by atoms with E-state index in [1.54, 1.807) is 0 Å². The standard InChI is InChI=1S/C12H15N3O6/c13-10-6(1-2-9(18)19)4-15(12(20)14-10)11-8(17)3-7(5-16)21-11/h1-2,4,7-8,11,16-17H,3,5H2,(H,18,19)(H2,13,14,20)/b2-1+/t7-,8+,11+/m0/s1. The SMILES string of the molecule is Nc1nc(=O)n([C@@H]2O[C@H](CO)C[C@H]2O)cc1/C=C/C(=O)O. The van der Waals surface area contributed by atoms with Crippen LogP contribution in [-0.2, 0) is 9.53 Å². The number of hydrogen-bond donors (Lipinski definition) is 4. The average molecular weight is 297 g/mol. The van der Waals surface area contributed by atoms with Crippen LogP contribution >= 0.6 is 0 Å². The molecule has 1 fully saturated rings. The fraction of sp³-hybridized carbons (Fsp3) is 0.417. The molecule has 1 saturated heterocycles. The molecule has 2 rings (SSSR count). The van der Waals surface area contributed by atoms with Crippen LogP contribution in [0.4, 0.5) is 5.82 Å². The molecule has 2 heterocycles. The van der Waals surface area contributed by atoms with Crippen molar-refractivity contribution in [3.63, 3.8) is 0 Å². The summed E-state index contributed by atoms with van der Waals surface area (Å²) in [5.41, 5.74) is 5.03. The zero-order valence-corrected chi connectivity index (χ0v) is 10.9. The molecule has 3 atom stereocenters. The lowest BCUT2D eigenvalue weighted by Crippen LogP contribution is -2.32. The van der Waals surface area contributed by atoms with E-state index in [0.29, 0.717) is 0 Å². The van der Waals surface area contributed by atoms with Crippen molar-refractivity contribution in [2.75, 3.05) is 12.3 Å². The first-order valence-corrected chi connectivity index (χ1v) is 6.16. The Morgan fingerprint density at radius 1 is 1.62 bits per heavy atom. The first-order valence-electron chi connectivity index (χ1n) is 6.16. The van der Waals surface area contributed by atoms with Crippen LogP contribution in [-0.4, -0.2) is 49.7 Å². The maximum absolute atomic E-state index is 11.8. The fourth-order valence-corrected chi connectivity index (χ4v) is 2.07. The normalized spacial score (nSPS) is 25.5. The molecule has 0 unspecified atom stereocenters. The van der Waals surface area contributed by atoms with Crippen LogP contribution < -0.4 is 11.4 Å². The summed E-state index contributed by atoms with van der Waals surface area (Å²) < 4.78 is 6.38. The van der Waals surface area contributed by atoms with Crippen molar-refractivity contribution < 1.29 is 24.9 Å². The molecule has 0 radical (unpaired) electrons. The third kappa shape index (κ3) is 3.27. The van der Waals surface area contributed by atoms with Gasteiger partial charge in [0.05, 0.1) is 12.7 Å². The maximum atomic E-state index is 11.8. The predicted octanol–water partition coefficient (Wildman–Crippen LogP) is -1.44. The van der Waals surface area contributed by atoms with Crippen LogP contribution in [0.15, 0.2) is 17.1 Å². The number of rotatable bonds is 4. The highest BCUT2D eigenvalue weighted by atomic mass is 16.5. The van der Waals surface area contributed by atoms with Crippen molar-refractivity contribution in [3.05, 3.63) is 28.3 Å². The Morgan fingerprint density at radius 2 is 2.33 bits per heavy atom. The largest absolute Gasteiger partial charge is 0.478 e. The van der Waals surface area contributed by atoms with Crippen molar-refractivity contribution in [3.8, 4) is 0 Å². The van der Waals surface area contributed by atoms with Gasteiger partial charge in [0.25, 0.3) is 0 Å². The van der Waals surface area contributed by atoms with Crippen molar-refractivity contribution in [2.24, 2.45) is 0 Å². The highest BCUT2D eigenvalue weighted by Gasteiger charge is 2.35. The molecule has 9 heteroatoms. The minimum Gasteiger partial charge on any atom is -0.478 e. The molecule has 0 saturated carbocycles. The summed E-state index contributed by atoms with van der Waals surface area (Å²) >= 11 is 0. The lowest BCUT2D eigenvalue weighted by Gasteiger charge is -2.18. The topological polar surface area (TPSA) is 148 Å². The summed E-state index contributed by atoms with van der Waals surface area (Å²) in [6.45, 7) is -0.281. The second-order valence-corrected chi connectivity index (χ2v) is 4.58. The summed E-state index contributed by atoms with van der Waals surface area (Å²) in [5, 5.41) is 27.5. The molecule has 0 bridgehead atoms. The van der Waals surface area contributed by atoms with Gasteiger partial charge in [-0.25, -0.2) is 9.59 Å². The maximum Gasteiger partial charge on any atom is 0.351 e. The average Bonchev–Trinajstić information content (AvgIpc) is 2.79. The monoisotopic (exact) mass is 297 g/mol. The molecule has 9 nitrogen and oxygen atoms in total. The van der Waals surface area contributed by atoms with E-state index in [4.69, 9.17) is 20.7 Å². The van der Waals surface area contributed by atoms with E-state index in [-0.39, 0.29) is 24.4 Å². The Bertz CT molecular complexity index is 626. The van der Waals surface area contributed by atoms with Crippen molar-refractivity contribution in [2.45, 2.75) is 24.9 Å². The summed E-state index contributed by atoms with van der Waals surface area (Å²) in [5.74, 6) is -1.30. The number of ether oxygens (including phenoxy) is 1. The number of anilines is 1. The number of hydrogen-bond acceptors (Lipinski definition) is 7. The Morgan fingerprint density at radius 3 is 2.90 bits per heavy atom. The Kier molecular flexibility index (Phi) is 4.36. The van der Waals surface area contributed by atoms with Gasteiger partial charge in [0.15, 0.2) is 6.23 Å². The molecular weight excluding hydrogens is 282 g/mol. The first kappa shape index (κ1) is 15.2. The van der Waals surface area contributed by atoms with Crippen molar-refractivity contribution in [1.82, 2.24) is 9.55 Å². The Hall–Kier alpha value is -2.23. The highest BCUT2D eigenvalue weighted by Crippen LogP contribution is 2.28. The van der Waals surface area contributed by atoms with Gasteiger partial charge in [-0.1, -0.05) is 0 Å². The second kappa shape index (κ2) is 6.04. The zero-order chi connectivity index (χ0) is 15.6. The molecule has 0 amide bonds. The van der Waals surface area contributed by atoms with Crippen LogP contribution in [0, 0.1) is 0 Å². The van der Waals surface area contributed by atoms with E-state index in [2.05, 4.69) is 4.98 Å². The molecule has 0 aliphatic carbocycles. The molecular formula is C12H15N3O6. The number of aliphatic carboxylic acids is 1.